The van der Waals surface area contributed by atoms with Gasteiger partial charge in [-0.15, -0.1) is 11.3 Å². The van der Waals surface area contributed by atoms with Gasteiger partial charge in [-0.05, 0) is 37.2 Å². The highest BCUT2D eigenvalue weighted by Crippen LogP contribution is 2.39. The van der Waals surface area contributed by atoms with Crippen LogP contribution in [0.4, 0.5) is 5.82 Å². The number of carboxylic acid groups (broad SMARTS) is 1. The Balaban J connectivity index is 1.32. The Labute approximate surface area is 186 Å². The Morgan fingerprint density at radius 3 is 2.58 bits per heavy atom. The van der Waals surface area contributed by atoms with E-state index in [9.17, 15) is 9.90 Å². The molecule has 1 saturated heterocycles. The summed E-state index contributed by atoms with van der Waals surface area (Å²) in [5, 5.41) is 12.6. The topological polar surface area (TPSA) is 69.6 Å². The molecule has 0 atom stereocenters. The summed E-state index contributed by atoms with van der Waals surface area (Å²) >= 11 is 1.67. The molecule has 7 heteroatoms. The maximum Gasteiger partial charge on any atom is 0.317 e. The quantitative estimate of drug-likeness (QED) is 0.588. The maximum atomic E-state index is 11.3. The van der Waals surface area contributed by atoms with Gasteiger partial charge < -0.3 is 10.0 Å². The Hall–Kier alpha value is -2.51. The number of piperidine rings is 1. The molecular formula is C24H28N4O2S. The predicted molar refractivity (Wildman–Crippen MR) is 125 cm³/mol. The van der Waals surface area contributed by atoms with Gasteiger partial charge in [0, 0.05) is 36.6 Å². The van der Waals surface area contributed by atoms with Crippen LogP contribution in [0, 0.1) is 5.92 Å². The number of hydrogen-bond acceptors (Lipinski definition) is 6. The Morgan fingerprint density at radius 1 is 1.13 bits per heavy atom. The minimum Gasteiger partial charge on any atom is -0.480 e. The third-order valence-corrected chi connectivity index (χ3v) is 7.66. The summed E-state index contributed by atoms with van der Waals surface area (Å²) < 4.78 is 0. The van der Waals surface area contributed by atoms with Crippen LogP contribution in [0.1, 0.15) is 32.1 Å². The van der Waals surface area contributed by atoms with Crippen molar-refractivity contribution in [2.24, 2.45) is 5.92 Å². The lowest BCUT2D eigenvalue weighted by Crippen LogP contribution is -2.47. The second kappa shape index (κ2) is 8.93. The number of carbonyl (C=O) groups is 1. The van der Waals surface area contributed by atoms with Crippen molar-refractivity contribution in [3.63, 3.8) is 0 Å². The van der Waals surface area contributed by atoms with E-state index < -0.39 is 5.97 Å². The van der Waals surface area contributed by atoms with Crippen molar-refractivity contribution < 1.29 is 9.90 Å². The van der Waals surface area contributed by atoms with Crippen LogP contribution in [0.2, 0.25) is 0 Å². The van der Waals surface area contributed by atoms with Gasteiger partial charge in [0.2, 0.25) is 0 Å². The molecule has 1 aromatic carbocycles. The molecule has 3 heterocycles. The highest BCUT2D eigenvalue weighted by Gasteiger charge is 2.30. The van der Waals surface area contributed by atoms with E-state index in [-0.39, 0.29) is 6.54 Å². The molecule has 2 fully saturated rings. The average Bonchev–Trinajstić information content (AvgIpc) is 3.18. The largest absolute Gasteiger partial charge is 0.480 e. The van der Waals surface area contributed by atoms with Crippen LogP contribution in [-0.2, 0) is 4.79 Å². The number of rotatable bonds is 7. The third kappa shape index (κ3) is 4.29. The van der Waals surface area contributed by atoms with Gasteiger partial charge >= 0.3 is 5.97 Å². The number of benzene rings is 1. The number of aromatic nitrogens is 2. The summed E-state index contributed by atoms with van der Waals surface area (Å²) in [6, 6.07) is 10.9. The fourth-order valence-electron chi connectivity index (χ4n) is 4.86. The van der Waals surface area contributed by atoms with Crippen LogP contribution >= 0.6 is 11.3 Å². The first-order chi connectivity index (χ1) is 15.2. The zero-order chi connectivity index (χ0) is 21.2. The minimum absolute atomic E-state index is 0.173. The van der Waals surface area contributed by atoms with Gasteiger partial charge in [-0.25, -0.2) is 9.97 Å². The van der Waals surface area contributed by atoms with Gasteiger partial charge in [-0.1, -0.05) is 36.8 Å². The first kappa shape index (κ1) is 20.4. The Morgan fingerprint density at radius 2 is 1.90 bits per heavy atom. The standard InChI is InChI=1S/C24H28N4O2S/c29-21(30)14-28(19-7-4-8-19)13-17-9-11-27(12-10-17)23-22-20(18-5-2-1-3-6-18)15-31-24(22)26-16-25-23/h1-3,5-6,15-17,19H,4,7-14H2,(H,29,30). The highest BCUT2D eigenvalue weighted by molar-refractivity contribution is 7.17. The van der Waals surface area contributed by atoms with Crippen LogP contribution in [0.25, 0.3) is 21.3 Å². The SMILES string of the molecule is O=C(O)CN(CC1CCN(c2ncnc3scc(-c4ccccc4)c23)CC1)C1CCC1. The van der Waals surface area contributed by atoms with Crippen molar-refractivity contribution in [1.29, 1.82) is 0 Å². The van der Waals surface area contributed by atoms with E-state index in [0.717, 1.165) is 61.4 Å². The van der Waals surface area contributed by atoms with Crippen LogP contribution in [0.15, 0.2) is 42.0 Å². The van der Waals surface area contributed by atoms with Crippen molar-refractivity contribution in [3.05, 3.63) is 42.0 Å². The molecule has 1 aliphatic carbocycles. The Bertz CT molecular complexity index is 1040. The van der Waals surface area contributed by atoms with E-state index in [4.69, 9.17) is 4.98 Å². The molecule has 0 unspecified atom stereocenters. The summed E-state index contributed by atoms with van der Waals surface area (Å²) in [6.45, 7) is 2.98. The number of nitrogens with zero attached hydrogens (tertiary/aromatic N) is 4. The lowest BCUT2D eigenvalue weighted by molar-refractivity contribution is -0.139. The lowest BCUT2D eigenvalue weighted by atomic mass is 9.89. The second-order valence-electron chi connectivity index (χ2n) is 8.73. The maximum absolute atomic E-state index is 11.3. The van der Waals surface area contributed by atoms with Gasteiger partial charge in [-0.3, -0.25) is 9.69 Å². The van der Waals surface area contributed by atoms with Crippen LogP contribution in [0.3, 0.4) is 0 Å². The zero-order valence-electron chi connectivity index (χ0n) is 17.6. The molecule has 1 N–H and O–H groups in total. The average molecular weight is 437 g/mol. The number of fused-ring (bicyclic) bond motifs is 1. The molecule has 1 saturated carbocycles. The molecule has 0 radical (unpaired) electrons. The first-order valence-corrected chi connectivity index (χ1v) is 12.1. The number of hydrogen-bond donors (Lipinski definition) is 1. The number of anilines is 1. The van der Waals surface area contributed by atoms with Crippen LogP contribution in [0.5, 0.6) is 0 Å². The molecule has 6 nitrogen and oxygen atoms in total. The Kier molecular flexibility index (Phi) is 5.87. The number of thiophene rings is 1. The summed E-state index contributed by atoms with van der Waals surface area (Å²) in [6.07, 6.45) is 7.34. The summed E-state index contributed by atoms with van der Waals surface area (Å²) in [5.74, 6) is 0.869. The molecule has 0 spiro atoms. The summed E-state index contributed by atoms with van der Waals surface area (Å²) in [5.41, 5.74) is 2.40. The van der Waals surface area contributed by atoms with E-state index in [1.54, 1.807) is 17.7 Å². The molecular weight excluding hydrogens is 408 g/mol. The summed E-state index contributed by atoms with van der Waals surface area (Å²) in [7, 11) is 0. The first-order valence-electron chi connectivity index (χ1n) is 11.2. The second-order valence-corrected chi connectivity index (χ2v) is 9.59. The van der Waals surface area contributed by atoms with Crippen LogP contribution in [-0.4, -0.2) is 58.2 Å². The monoisotopic (exact) mass is 436 g/mol. The molecule has 2 aromatic heterocycles. The van der Waals surface area contributed by atoms with E-state index in [1.165, 1.54) is 17.5 Å². The van der Waals surface area contributed by atoms with Crippen molar-refractivity contribution >= 4 is 33.3 Å². The van der Waals surface area contributed by atoms with Crippen molar-refractivity contribution in [2.75, 3.05) is 31.1 Å². The molecule has 2 aliphatic rings. The van der Waals surface area contributed by atoms with Gasteiger partial charge in [-0.2, -0.15) is 0 Å². The van der Waals surface area contributed by atoms with E-state index in [0.29, 0.717) is 12.0 Å². The normalized spacial score (nSPS) is 17.9. The van der Waals surface area contributed by atoms with Gasteiger partial charge in [0.25, 0.3) is 0 Å². The van der Waals surface area contributed by atoms with Gasteiger partial charge in [0.1, 0.15) is 17.0 Å². The number of carboxylic acids is 1. The van der Waals surface area contributed by atoms with Crippen molar-refractivity contribution in [2.45, 2.75) is 38.1 Å². The fourth-order valence-corrected chi connectivity index (χ4v) is 5.77. The molecule has 5 rings (SSSR count). The molecule has 0 bridgehead atoms. The zero-order valence-corrected chi connectivity index (χ0v) is 18.4. The van der Waals surface area contributed by atoms with E-state index in [1.807, 2.05) is 6.07 Å². The molecule has 0 amide bonds. The van der Waals surface area contributed by atoms with Crippen LogP contribution < -0.4 is 4.90 Å². The minimum atomic E-state index is -0.710. The van der Waals surface area contributed by atoms with Crippen molar-refractivity contribution in [1.82, 2.24) is 14.9 Å². The highest BCUT2D eigenvalue weighted by atomic mass is 32.1. The fraction of sp³-hybridized carbons (Fsp3) is 0.458. The molecule has 3 aromatic rings. The van der Waals surface area contributed by atoms with Crippen molar-refractivity contribution in [3.8, 4) is 11.1 Å². The number of aliphatic carboxylic acids is 1. The third-order valence-electron chi connectivity index (χ3n) is 6.77. The predicted octanol–water partition coefficient (Wildman–Crippen LogP) is 4.51. The molecule has 31 heavy (non-hydrogen) atoms. The van der Waals surface area contributed by atoms with E-state index in [2.05, 4.69) is 44.4 Å². The van der Waals surface area contributed by atoms with E-state index >= 15 is 0 Å². The summed E-state index contributed by atoms with van der Waals surface area (Å²) in [4.78, 5) is 26.2. The molecule has 1 aliphatic heterocycles. The van der Waals surface area contributed by atoms with Gasteiger partial charge in [0.15, 0.2) is 0 Å². The van der Waals surface area contributed by atoms with Gasteiger partial charge in [0.05, 0.1) is 11.9 Å². The lowest BCUT2D eigenvalue weighted by Gasteiger charge is -2.41. The molecule has 162 valence electrons. The smallest absolute Gasteiger partial charge is 0.317 e.